The lowest BCUT2D eigenvalue weighted by atomic mass is 9.93. The number of ether oxygens (including phenoxy) is 2. The number of alkyl carbamates (subject to hydrolysis) is 1. The molecule has 0 unspecified atom stereocenters. The molecule has 0 radical (unpaired) electrons. The lowest BCUT2D eigenvalue weighted by Gasteiger charge is -2.40. The molecule has 0 saturated carbocycles. The fourth-order valence-electron chi connectivity index (χ4n) is 4.53. The molecule has 0 aliphatic rings. The minimum atomic E-state index is -1.05. The Labute approximate surface area is 252 Å². The first-order chi connectivity index (χ1) is 20.2. The molecule has 1 atom stereocenters. The molecule has 10 heteroatoms. The van der Waals surface area contributed by atoms with Gasteiger partial charge in [0, 0.05) is 18.7 Å². The van der Waals surface area contributed by atoms with Crippen molar-refractivity contribution in [3.8, 4) is 0 Å². The summed E-state index contributed by atoms with van der Waals surface area (Å²) in [6, 6.07) is 16.4. The molecule has 10 nitrogen and oxygen atoms in total. The Morgan fingerprint density at radius 2 is 1.63 bits per heavy atom. The van der Waals surface area contributed by atoms with Gasteiger partial charge in [-0.05, 0) is 72.1 Å². The van der Waals surface area contributed by atoms with Crippen molar-refractivity contribution >= 4 is 18.0 Å². The van der Waals surface area contributed by atoms with Crippen LogP contribution in [0.25, 0.3) is 0 Å². The van der Waals surface area contributed by atoms with Crippen LogP contribution in [0.5, 0.6) is 0 Å². The number of nitrogens with zero attached hydrogens (tertiary/aromatic N) is 2. The third-order valence-electron chi connectivity index (χ3n) is 7.08. The van der Waals surface area contributed by atoms with Gasteiger partial charge in [-0.3, -0.25) is 9.59 Å². The Kier molecular flexibility index (Phi) is 10.9. The van der Waals surface area contributed by atoms with E-state index in [1.165, 1.54) is 0 Å². The summed E-state index contributed by atoms with van der Waals surface area (Å²) in [5.74, 6) is -0.786. The summed E-state index contributed by atoms with van der Waals surface area (Å²) >= 11 is 0. The highest BCUT2D eigenvalue weighted by Gasteiger charge is 2.39. The molecule has 0 spiro atoms. The lowest BCUT2D eigenvalue weighted by molar-refractivity contribution is 0.0432. The summed E-state index contributed by atoms with van der Waals surface area (Å²) < 4.78 is 10.7. The standard InChI is InChI=1S/C33H42N4O6/c1-8-33(7,30-35-23(3)26(27(38)36-30)29(40)42-21-24-13-10-9-11-14-24)37(28(39)25-17-15-22(2)16-18-25)20-12-19-34-31(41)43-32(4,5)6/h9-11,13-18H,8,12,19-21H2,1-7H3,(H,34,41)(H,35,36,38)/t33-/m1/s1. The van der Waals surface area contributed by atoms with Crippen LogP contribution in [0.3, 0.4) is 0 Å². The maximum Gasteiger partial charge on any atom is 0.407 e. The van der Waals surface area contributed by atoms with E-state index in [1.807, 2.05) is 63.2 Å². The zero-order valence-electron chi connectivity index (χ0n) is 26.1. The van der Waals surface area contributed by atoms with Crippen LogP contribution < -0.4 is 10.9 Å². The average Bonchev–Trinajstić information content (AvgIpc) is 2.95. The zero-order valence-corrected chi connectivity index (χ0v) is 26.1. The smallest absolute Gasteiger partial charge is 0.407 e. The molecule has 2 aromatic carbocycles. The Balaban J connectivity index is 1.89. The van der Waals surface area contributed by atoms with Crippen LogP contribution in [0.2, 0.25) is 0 Å². The van der Waals surface area contributed by atoms with E-state index in [0.29, 0.717) is 18.4 Å². The molecule has 1 aromatic heterocycles. The van der Waals surface area contributed by atoms with Crippen LogP contribution in [0, 0.1) is 13.8 Å². The molecule has 230 valence electrons. The average molecular weight is 591 g/mol. The quantitative estimate of drug-likeness (QED) is 0.225. The third-order valence-corrected chi connectivity index (χ3v) is 7.08. The van der Waals surface area contributed by atoms with Gasteiger partial charge in [0.25, 0.3) is 11.5 Å². The van der Waals surface area contributed by atoms with Crippen LogP contribution in [0.1, 0.15) is 90.8 Å². The van der Waals surface area contributed by atoms with Gasteiger partial charge in [-0.2, -0.15) is 0 Å². The van der Waals surface area contributed by atoms with E-state index >= 15 is 0 Å². The van der Waals surface area contributed by atoms with Gasteiger partial charge >= 0.3 is 12.1 Å². The predicted octanol–water partition coefficient (Wildman–Crippen LogP) is 5.43. The maximum atomic E-state index is 13.9. The Hall–Kier alpha value is -4.47. The summed E-state index contributed by atoms with van der Waals surface area (Å²) in [4.78, 5) is 61.3. The molecule has 0 saturated heterocycles. The van der Waals surface area contributed by atoms with Gasteiger partial charge in [-0.15, -0.1) is 0 Å². The topological polar surface area (TPSA) is 131 Å². The number of aryl methyl sites for hydroxylation is 2. The van der Waals surface area contributed by atoms with E-state index in [9.17, 15) is 19.2 Å². The summed E-state index contributed by atoms with van der Waals surface area (Å²) in [6.45, 7) is 13.1. The van der Waals surface area contributed by atoms with Gasteiger partial charge in [0.2, 0.25) is 0 Å². The monoisotopic (exact) mass is 590 g/mol. The number of benzene rings is 2. The molecule has 0 fully saturated rings. The van der Waals surface area contributed by atoms with E-state index in [-0.39, 0.29) is 42.7 Å². The van der Waals surface area contributed by atoms with Gasteiger partial charge in [0.05, 0.1) is 11.2 Å². The van der Waals surface area contributed by atoms with E-state index in [2.05, 4.69) is 15.3 Å². The number of carbonyl (C=O) groups excluding carboxylic acids is 3. The number of hydrogen-bond donors (Lipinski definition) is 2. The summed E-state index contributed by atoms with van der Waals surface area (Å²) in [7, 11) is 0. The number of aromatic amines is 1. The highest BCUT2D eigenvalue weighted by molar-refractivity contribution is 5.95. The molecular weight excluding hydrogens is 548 g/mol. The number of rotatable bonds is 11. The van der Waals surface area contributed by atoms with E-state index in [1.54, 1.807) is 44.7 Å². The number of carbonyl (C=O) groups is 3. The number of esters is 1. The summed E-state index contributed by atoms with van der Waals surface area (Å²) in [6.07, 6.45) is 0.280. The molecular formula is C33H42N4O6. The molecule has 0 aliphatic carbocycles. The fraction of sp³-hybridized carbons (Fsp3) is 0.424. The first-order valence-electron chi connectivity index (χ1n) is 14.4. The summed E-state index contributed by atoms with van der Waals surface area (Å²) in [5, 5.41) is 2.73. The fourth-order valence-corrected chi connectivity index (χ4v) is 4.53. The molecule has 0 bridgehead atoms. The summed E-state index contributed by atoms with van der Waals surface area (Å²) in [5.41, 5.74) is -0.0289. The van der Waals surface area contributed by atoms with Crippen molar-refractivity contribution in [1.82, 2.24) is 20.2 Å². The number of nitrogens with one attached hydrogen (secondary N) is 2. The van der Waals surface area contributed by atoms with Crippen molar-refractivity contribution < 1.29 is 23.9 Å². The SMILES string of the molecule is CC[C@](C)(c1nc(C)c(C(=O)OCc2ccccc2)c(=O)[nH]1)N(CCCNC(=O)OC(C)(C)C)C(=O)c1ccc(C)cc1. The first-order valence-corrected chi connectivity index (χ1v) is 14.4. The van der Waals surface area contributed by atoms with Crippen LogP contribution in [-0.4, -0.2) is 51.5 Å². The minimum Gasteiger partial charge on any atom is -0.457 e. The van der Waals surface area contributed by atoms with E-state index < -0.39 is 28.8 Å². The number of aromatic nitrogens is 2. The second-order valence-electron chi connectivity index (χ2n) is 11.7. The molecule has 43 heavy (non-hydrogen) atoms. The molecule has 2 N–H and O–H groups in total. The lowest BCUT2D eigenvalue weighted by Crippen LogP contribution is -2.50. The van der Waals surface area contributed by atoms with Crippen LogP contribution in [-0.2, 0) is 21.6 Å². The number of hydrogen-bond acceptors (Lipinski definition) is 7. The highest BCUT2D eigenvalue weighted by Crippen LogP contribution is 2.31. The van der Waals surface area contributed by atoms with Gasteiger partial charge in [0.1, 0.15) is 23.6 Å². The molecule has 3 rings (SSSR count). The van der Waals surface area contributed by atoms with Crippen LogP contribution in [0.4, 0.5) is 4.79 Å². The van der Waals surface area contributed by atoms with E-state index in [4.69, 9.17) is 9.47 Å². The van der Waals surface area contributed by atoms with Crippen LogP contribution >= 0.6 is 0 Å². The van der Waals surface area contributed by atoms with Crippen molar-refractivity contribution in [1.29, 1.82) is 0 Å². The molecule has 0 aliphatic heterocycles. The third kappa shape index (κ3) is 8.76. The van der Waals surface area contributed by atoms with E-state index in [0.717, 1.165) is 11.1 Å². The first kappa shape index (κ1) is 33.0. The van der Waals surface area contributed by atoms with Crippen molar-refractivity contribution in [2.24, 2.45) is 0 Å². The van der Waals surface area contributed by atoms with Crippen molar-refractivity contribution in [2.45, 2.75) is 79.1 Å². The molecule has 1 heterocycles. The minimum absolute atomic E-state index is 0.0170. The number of amides is 2. The Morgan fingerprint density at radius 3 is 2.21 bits per heavy atom. The maximum absolute atomic E-state index is 13.9. The van der Waals surface area contributed by atoms with Crippen LogP contribution in [0.15, 0.2) is 59.4 Å². The van der Waals surface area contributed by atoms with Gasteiger partial charge in [-0.1, -0.05) is 55.0 Å². The predicted molar refractivity (Wildman–Crippen MR) is 164 cm³/mol. The van der Waals surface area contributed by atoms with Gasteiger partial charge in [0.15, 0.2) is 0 Å². The normalized spacial score (nSPS) is 12.6. The Morgan fingerprint density at radius 1 is 0.977 bits per heavy atom. The highest BCUT2D eigenvalue weighted by atomic mass is 16.6. The van der Waals surface area contributed by atoms with Crippen molar-refractivity contribution in [3.05, 3.63) is 98.7 Å². The molecule has 2 amide bonds. The van der Waals surface area contributed by atoms with Gasteiger partial charge < -0.3 is 24.7 Å². The zero-order chi connectivity index (χ0) is 31.8. The van der Waals surface area contributed by atoms with Crippen molar-refractivity contribution in [2.75, 3.05) is 13.1 Å². The second kappa shape index (κ2) is 14.1. The second-order valence-corrected chi connectivity index (χ2v) is 11.7. The van der Waals surface area contributed by atoms with Gasteiger partial charge in [-0.25, -0.2) is 14.6 Å². The van der Waals surface area contributed by atoms with Crippen molar-refractivity contribution in [3.63, 3.8) is 0 Å². The largest absolute Gasteiger partial charge is 0.457 e. The Bertz CT molecular complexity index is 1480. The molecule has 3 aromatic rings. The number of H-pyrrole nitrogens is 1.